The highest BCUT2D eigenvalue weighted by atomic mass is 32.2. The van der Waals surface area contributed by atoms with Crippen LogP contribution in [0.2, 0.25) is 0 Å². The Morgan fingerprint density at radius 3 is 1.62 bits per heavy atom. The maximum absolute atomic E-state index is 13.8. The topological polar surface area (TPSA) is 47.6 Å². The number of rotatable bonds is 11. The SMILES string of the molecule is CSCOc1ccc(CC(NC(c2ccccc2)(c2ccccc2)c2ccccc2)C(=O)OC(C)(C)C)cc1. The fourth-order valence-electron chi connectivity index (χ4n) is 4.73. The number of hydrogen-bond acceptors (Lipinski definition) is 5. The highest BCUT2D eigenvalue weighted by Gasteiger charge is 2.40. The Kier molecular flexibility index (Phi) is 9.50. The first kappa shape index (κ1) is 28.5. The highest BCUT2D eigenvalue weighted by Crippen LogP contribution is 2.37. The lowest BCUT2D eigenvalue weighted by Gasteiger charge is -2.40. The van der Waals surface area contributed by atoms with E-state index in [0.717, 1.165) is 28.0 Å². The van der Waals surface area contributed by atoms with Crippen LogP contribution in [0.3, 0.4) is 0 Å². The van der Waals surface area contributed by atoms with Gasteiger partial charge in [-0.1, -0.05) is 103 Å². The second kappa shape index (κ2) is 13.0. The predicted octanol–water partition coefficient (Wildman–Crippen LogP) is 7.22. The lowest BCUT2D eigenvalue weighted by atomic mass is 9.76. The Bertz CT molecular complexity index is 1210. The van der Waals surface area contributed by atoms with Gasteiger partial charge >= 0.3 is 5.97 Å². The third-order valence-electron chi connectivity index (χ3n) is 6.41. The van der Waals surface area contributed by atoms with E-state index in [1.54, 1.807) is 11.8 Å². The molecule has 39 heavy (non-hydrogen) atoms. The molecule has 0 aliphatic carbocycles. The Labute approximate surface area is 236 Å². The molecule has 0 radical (unpaired) electrons. The molecule has 1 N–H and O–H groups in total. The summed E-state index contributed by atoms with van der Waals surface area (Å²) in [4.78, 5) is 13.8. The van der Waals surface area contributed by atoms with Crippen molar-refractivity contribution in [1.29, 1.82) is 0 Å². The molecule has 4 nitrogen and oxygen atoms in total. The van der Waals surface area contributed by atoms with Gasteiger partial charge in [0.1, 0.15) is 23.3 Å². The van der Waals surface area contributed by atoms with Gasteiger partial charge in [0.05, 0.1) is 5.54 Å². The first-order valence-electron chi connectivity index (χ1n) is 13.2. The van der Waals surface area contributed by atoms with Crippen molar-refractivity contribution in [1.82, 2.24) is 5.32 Å². The highest BCUT2D eigenvalue weighted by molar-refractivity contribution is 7.98. The molecule has 4 aromatic rings. The summed E-state index contributed by atoms with van der Waals surface area (Å²) in [6.07, 6.45) is 2.45. The molecule has 0 aliphatic rings. The van der Waals surface area contributed by atoms with Crippen LogP contribution < -0.4 is 10.1 Å². The average molecular weight is 540 g/mol. The molecule has 0 heterocycles. The summed E-state index contributed by atoms with van der Waals surface area (Å²) < 4.78 is 11.7. The van der Waals surface area contributed by atoms with Crippen molar-refractivity contribution in [2.24, 2.45) is 0 Å². The van der Waals surface area contributed by atoms with E-state index in [2.05, 4.69) is 41.7 Å². The molecule has 0 bridgehead atoms. The number of thioether (sulfide) groups is 1. The van der Waals surface area contributed by atoms with E-state index in [4.69, 9.17) is 9.47 Å². The van der Waals surface area contributed by atoms with E-state index in [9.17, 15) is 4.79 Å². The molecule has 0 aromatic heterocycles. The number of hydrogen-bond donors (Lipinski definition) is 1. The fraction of sp³-hybridized carbons (Fsp3) is 0.265. The molecule has 0 spiro atoms. The summed E-state index contributed by atoms with van der Waals surface area (Å²) >= 11 is 1.63. The lowest BCUT2D eigenvalue weighted by molar-refractivity contribution is -0.157. The van der Waals surface area contributed by atoms with Gasteiger partial charge in [0.25, 0.3) is 0 Å². The van der Waals surface area contributed by atoms with Gasteiger partial charge < -0.3 is 9.47 Å². The second-order valence-electron chi connectivity index (χ2n) is 10.5. The molecule has 202 valence electrons. The van der Waals surface area contributed by atoms with Crippen molar-refractivity contribution in [2.45, 2.75) is 44.4 Å². The van der Waals surface area contributed by atoms with Crippen LogP contribution in [0, 0.1) is 0 Å². The maximum atomic E-state index is 13.8. The van der Waals surface area contributed by atoms with Gasteiger partial charge in [-0.05, 0) is 67.8 Å². The number of carbonyl (C=O) groups is 1. The molecule has 0 saturated heterocycles. The molecule has 0 aliphatic heterocycles. The predicted molar refractivity (Wildman–Crippen MR) is 161 cm³/mol. The monoisotopic (exact) mass is 539 g/mol. The molecule has 0 saturated carbocycles. The van der Waals surface area contributed by atoms with E-state index in [0.29, 0.717) is 12.4 Å². The molecule has 1 atom stereocenters. The first-order chi connectivity index (χ1) is 18.8. The zero-order valence-electron chi connectivity index (χ0n) is 23.1. The van der Waals surface area contributed by atoms with Crippen LogP contribution in [0.15, 0.2) is 115 Å². The van der Waals surface area contributed by atoms with E-state index in [1.165, 1.54) is 0 Å². The Hall–Kier alpha value is -3.54. The zero-order chi connectivity index (χ0) is 27.7. The quantitative estimate of drug-likeness (QED) is 0.124. The Morgan fingerprint density at radius 2 is 1.21 bits per heavy atom. The van der Waals surface area contributed by atoms with Crippen LogP contribution in [-0.2, 0) is 21.5 Å². The number of nitrogens with one attached hydrogen (secondary N) is 1. The van der Waals surface area contributed by atoms with Gasteiger partial charge in [0.15, 0.2) is 0 Å². The van der Waals surface area contributed by atoms with Crippen molar-refractivity contribution in [3.63, 3.8) is 0 Å². The van der Waals surface area contributed by atoms with Crippen molar-refractivity contribution in [3.05, 3.63) is 138 Å². The molecule has 0 fully saturated rings. The van der Waals surface area contributed by atoms with Crippen LogP contribution >= 0.6 is 11.8 Å². The van der Waals surface area contributed by atoms with Crippen molar-refractivity contribution in [2.75, 3.05) is 12.2 Å². The van der Waals surface area contributed by atoms with Crippen LogP contribution in [0.1, 0.15) is 43.0 Å². The largest absolute Gasteiger partial charge is 0.483 e. The van der Waals surface area contributed by atoms with E-state index in [1.807, 2.05) is 106 Å². The third-order valence-corrected chi connectivity index (χ3v) is 6.76. The van der Waals surface area contributed by atoms with Crippen LogP contribution in [0.25, 0.3) is 0 Å². The summed E-state index contributed by atoms with van der Waals surface area (Å²) in [5.74, 6) is 1.11. The molecule has 4 aromatic carbocycles. The van der Waals surface area contributed by atoms with Crippen LogP contribution in [0.5, 0.6) is 5.75 Å². The van der Waals surface area contributed by atoms with Gasteiger partial charge in [0, 0.05) is 0 Å². The Morgan fingerprint density at radius 1 is 0.744 bits per heavy atom. The van der Waals surface area contributed by atoms with Gasteiger partial charge in [-0.2, -0.15) is 0 Å². The van der Waals surface area contributed by atoms with E-state index in [-0.39, 0.29) is 5.97 Å². The number of carbonyl (C=O) groups excluding carboxylic acids is 1. The normalized spacial score (nSPS) is 12.5. The second-order valence-corrected chi connectivity index (χ2v) is 11.3. The zero-order valence-corrected chi connectivity index (χ0v) is 23.9. The van der Waals surface area contributed by atoms with E-state index < -0.39 is 17.2 Å². The smallest absolute Gasteiger partial charge is 0.324 e. The number of esters is 1. The summed E-state index contributed by atoms with van der Waals surface area (Å²) in [6.45, 7) is 5.70. The van der Waals surface area contributed by atoms with Crippen molar-refractivity contribution < 1.29 is 14.3 Å². The van der Waals surface area contributed by atoms with Crippen LogP contribution in [0.4, 0.5) is 0 Å². The molecule has 0 amide bonds. The fourth-order valence-corrected chi connectivity index (χ4v) is 4.98. The molecule has 4 rings (SSSR count). The van der Waals surface area contributed by atoms with Crippen molar-refractivity contribution >= 4 is 17.7 Å². The standard InChI is InChI=1S/C34H37NO3S/c1-33(2,3)38-32(36)31(24-26-20-22-30(23-21-26)37-25-39-4)35-34(27-14-8-5-9-15-27,28-16-10-6-11-17-28)29-18-12-7-13-19-29/h5-23,31,35H,24-25H2,1-4H3. The molecular weight excluding hydrogens is 502 g/mol. The Balaban J connectivity index is 1.82. The van der Waals surface area contributed by atoms with Gasteiger partial charge in [-0.15, -0.1) is 11.8 Å². The summed E-state index contributed by atoms with van der Waals surface area (Å²) in [5.41, 5.74) is 2.71. The van der Waals surface area contributed by atoms with Crippen LogP contribution in [-0.4, -0.2) is 29.8 Å². The third kappa shape index (κ3) is 7.31. The molecular formula is C34H37NO3S. The molecule has 5 heteroatoms. The average Bonchev–Trinajstić information content (AvgIpc) is 2.95. The van der Waals surface area contributed by atoms with Gasteiger partial charge in [0.2, 0.25) is 0 Å². The van der Waals surface area contributed by atoms with Gasteiger partial charge in [-0.25, -0.2) is 0 Å². The maximum Gasteiger partial charge on any atom is 0.324 e. The van der Waals surface area contributed by atoms with E-state index >= 15 is 0 Å². The first-order valence-corrected chi connectivity index (χ1v) is 14.6. The molecule has 1 unspecified atom stereocenters. The summed E-state index contributed by atoms with van der Waals surface area (Å²) in [7, 11) is 0. The minimum Gasteiger partial charge on any atom is -0.483 e. The minimum absolute atomic E-state index is 0.294. The van der Waals surface area contributed by atoms with Crippen molar-refractivity contribution in [3.8, 4) is 5.75 Å². The van der Waals surface area contributed by atoms with Gasteiger partial charge in [-0.3, -0.25) is 10.1 Å². The lowest BCUT2D eigenvalue weighted by Crippen LogP contribution is -2.54. The number of benzene rings is 4. The summed E-state index contributed by atoms with van der Waals surface area (Å²) in [6, 6.07) is 38.2. The number of ether oxygens (including phenoxy) is 2. The minimum atomic E-state index is -0.799. The summed E-state index contributed by atoms with van der Waals surface area (Å²) in [5, 5.41) is 3.83.